The summed E-state index contributed by atoms with van der Waals surface area (Å²) in [4.78, 5) is 20.1. The number of nitrogens with zero attached hydrogens (tertiary/aromatic N) is 2. The zero-order valence-electron chi connectivity index (χ0n) is 14.6. The number of amides is 1. The molecule has 3 N–H and O–H groups in total. The van der Waals surface area contributed by atoms with Gasteiger partial charge in [0.2, 0.25) is 11.8 Å². The van der Waals surface area contributed by atoms with Crippen molar-refractivity contribution in [3.8, 4) is 5.88 Å². The van der Waals surface area contributed by atoms with E-state index in [1.165, 1.54) is 0 Å². The van der Waals surface area contributed by atoms with Gasteiger partial charge in [0.05, 0.1) is 13.2 Å². The lowest BCUT2D eigenvalue weighted by molar-refractivity contribution is -0.121. The van der Waals surface area contributed by atoms with Gasteiger partial charge in [-0.25, -0.2) is 4.98 Å². The summed E-state index contributed by atoms with van der Waals surface area (Å²) in [5.41, 5.74) is 0.675. The van der Waals surface area contributed by atoms with E-state index in [-0.39, 0.29) is 18.0 Å². The monoisotopic (exact) mass is 321 g/mol. The van der Waals surface area contributed by atoms with E-state index in [1.54, 1.807) is 13.2 Å². The van der Waals surface area contributed by atoms with Gasteiger partial charge in [0, 0.05) is 30.9 Å². The summed E-state index contributed by atoms with van der Waals surface area (Å²) in [5, 5.41) is 9.00. The second kappa shape index (κ2) is 8.97. The quantitative estimate of drug-likeness (QED) is 0.539. The second-order valence-electron chi connectivity index (χ2n) is 5.98. The number of ether oxygens (including phenoxy) is 1. The number of aliphatic imine (C=N–C) groups is 1. The first-order valence-corrected chi connectivity index (χ1v) is 7.68. The number of nitrogens with one attached hydrogen (secondary N) is 3. The third-order valence-electron chi connectivity index (χ3n) is 2.73. The molecular weight excluding hydrogens is 294 g/mol. The first-order chi connectivity index (χ1) is 10.9. The molecule has 0 aliphatic carbocycles. The minimum Gasteiger partial charge on any atom is -0.478 e. The highest BCUT2D eigenvalue weighted by Gasteiger charge is 2.13. The van der Waals surface area contributed by atoms with Crippen molar-refractivity contribution >= 4 is 11.9 Å². The fraction of sp³-hybridized carbons (Fsp3) is 0.562. The fourth-order valence-electron chi connectivity index (χ4n) is 1.85. The number of aromatic nitrogens is 1. The smallest absolute Gasteiger partial charge is 0.239 e. The summed E-state index contributed by atoms with van der Waals surface area (Å²) in [6.07, 6.45) is 1.69. The van der Waals surface area contributed by atoms with E-state index in [9.17, 15) is 4.79 Å². The van der Waals surface area contributed by atoms with E-state index < -0.39 is 0 Å². The largest absolute Gasteiger partial charge is 0.478 e. The summed E-state index contributed by atoms with van der Waals surface area (Å²) in [6, 6.07) is 3.79. The molecule has 0 bridgehead atoms. The Morgan fingerprint density at radius 3 is 2.70 bits per heavy atom. The predicted molar refractivity (Wildman–Crippen MR) is 91.5 cm³/mol. The highest BCUT2D eigenvalue weighted by atomic mass is 16.5. The Bertz CT molecular complexity index is 538. The first kappa shape index (κ1) is 18.7. The molecule has 7 nitrogen and oxygen atoms in total. The Morgan fingerprint density at radius 2 is 2.09 bits per heavy atom. The van der Waals surface area contributed by atoms with Crippen molar-refractivity contribution in [1.82, 2.24) is 20.9 Å². The van der Waals surface area contributed by atoms with E-state index in [4.69, 9.17) is 4.74 Å². The van der Waals surface area contributed by atoms with Gasteiger partial charge in [-0.2, -0.15) is 0 Å². The zero-order valence-corrected chi connectivity index (χ0v) is 14.6. The molecule has 0 atom stereocenters. The van der Waals surface area contributed by atoms with Crippen LogP contribution < -0.4 is 20.7 Å². The zero-order chi connectivity index (χ0) is 17.3. The summed E-state index contributed by atoms with van der Waals surface area (Å²) >= 11 is 0. The van der Waals surface area contributed by atoms with Crippen LogP contribution >= 0.6 is 0 Å². The third kappa shape index (κ3) is 7.49. The van der Waals surface area contributed by atoms with Crippen molar-refractivity contribution in [2.75, 3.05) is 20.2 Å². The van der Waals surface area contributed by atoms with Crippen LogP contribution in [0.2, 0.25) is 0 Å². The summed E-state index contributed by atoms with van der Waals surface area (Å²) in [5.74, 6) is 1.06. The maximum absolute atomic E-state index is 11.8. The number of carbonyl (C=O) groups is 1. The van der Waals surface area contributed by atoms with Gasteiger partial charge in [-0.3, -0.25) is 9.79 Å². The van der Waals surface area contributed by atoms with Gasteiger partial charge in [-0.1, -0.05) is 6.07 Å². The average Bonchev–Trinajstić information content (AvgIpc) is 2.47. The van der Waals surface area contributed by atoms with E-state index in [2.05, 4.69) is 25.9 Å². The molecule has 23 heavy (non-hydrogen) atoms. The number of hydrogen-bond acceptors (Lipinski definition) is 4. The van der Waals surface area contributed by atoms with Crippen molar-refractivity contribution in [1.29, 1.82) is 0 Å². The highest BCUT2D eigenvalue weighted by molar-refractivity contribution is 5.86. The number of pyridine rings is 1. The molecule has 7 heteroatoms. The van der Waals surface area contributed by atoms with Gasteiger partial charge >= 0.3 is 0 Å². The topological polar surface area (TPSA) is 87.6 Å². The molecular formula is C16H27N5O2. The third-order valence-corrected chi connectivity index (χ3v) is 2.73. The number of rotatable bonds is 6. The van der Waals surface area contributed by atoms with Crippen LogP contribution in [0.15, 0.2) is 23.3 Å². The molecule has 0 saturated carbocycles. The van der Waals surface area contributed by atoms with Crippen LogP contribution in [0, 0.1) is 0 Å². The molecule has 0 fully saturated rings. The molecule has 1 rings (SSSR count). The van der Waals surface area contributed by atoms with Crippen LogP contribution in [-0.2, 0) is 11.3 Å². The van der Waals surface area contributed by atoms with Gasteiger partial charge in [-0.15, -0.1) is 0 Å². The number of guanidine groups is 1. The summed E-state index contributed by atoms with van der Waals surface area (Å²) in [7, 11) is 1.66. The molecule has 0 saturated heterocycles. The molecule has 0 aromatic carbocycles. The molecule has 1 aromatic heterocycles. The van der Waals surface area contributed by atoms with Crippen molar-refractivity contribution < 1.29 is 9.53 Å². The molecule has 1 amide bonds. The van der Waals surface area contributed by atoms with Crippen molar-refractivity contribution in [2.24, 2.45) is 4.99 Å². The van der Waals surface area contributed by atoms with Crippen LogP contribution in [0.5, 0.6) is 5.88 Å². The minimum absolute atomic E-state index is 0.0863. The predicted octanol–water partition coefficient (Wildman–Crippen LogP) is 1.06. The van der Waals surface area contributed by atoms with E-state index >= 15 is 0 Å². The first-order valence-electron chi connectivity index (χ1n) is 7.68. The Balaban J connectivity index is 2.50. The second-order valence-corrected chi connectivity index (χ2v) is 5.98. The Morgan fingerprint density at radius 1 is 1.35 bits per heavy atom. The van der Waals surface area contributed by atoms with Crippen molar-refractivity contribution in [2.45, 2.75) is 39.8 Å². The van der Waals surface area contributed by atoms with Crippen molar-refractivity contribution in [3.63, 3.8) is 0 Å². The fourth-order valence-corrected chi connectivity index (χ4v) is 1.85. The normalized spacial score (nSPS) is 11.8. The van der Waals surface area contributed by atoms with Gasteiger partial charge in [0.1, 0.15) is 0 Å². The minimum atomic E-state index is -0.252. The van der Waals surface area contributed by atoms with E-state index in [1.807, 2.05) is 39.8 Å². The van der Waals surface area contributed by atoms with Crippen LogP contribution in [-0.4, -0.2) is 42.6 Å². The Kier molecular flexibility index (Phi) is 7.31. The van der Waals surface area contributed by atoms with Gasteiger partial charge < -0.3 is 20.7 Å². The van der Waals surface area contributed by atoms with E-state index in [0.717, 1.165) is 5.56 Å². The molecule has 0 aliphatic rings. The molecule has 0 aliphatic heterocycles. The maximum Gasteiger partial charge on any atom is 0.239 e. The molecule has 0 spiro atoms. The number of hydrogen-bond donors (Lipinski definition) is 3. The van der Waals surface area contributed by atoms with E-state index in [0.29, 0.717) is 25.0 Å². The molecule has 128 valence electrons. The van der Waals surface area contributed by atoms with Crippen molar-refractivity contribution in [3.05, 3.63) is 23.9 Å². The lowest BCUT2D eigenvalue weighted by atomic mass is 10.1. The Hall–Kier alpha value is -2.31. The maximum atomic E-state index is 11.8. The molecule has 0 unspecified atom stereocenters. The standard InChI is InChI=1S/C16H27N5O2/c1-6-23-14-12(8-7-9-18-14)10-19-15(17-5)20-11-13(22)21-16(2,3)4/h7-9H,6,10-11H2,1-5H3,(H,21,22)(H2,17,19,20). The van der Waals surface area contributed by atoms with Gasteiger partial charge in [0.25, 0.3) is 0 Å². The Labute approximate surface area is 137 Å². The summed E-state index contributed by atoms with van der Waals surface area (Å²) in [6.45, 7) is 8.96. The van der Waals surface area contributed by atoms with Crippen LogP contribution in [0.25, 0.3) is 0 Å². The van der Waals surface area contributed by atoms with Gasteiger partial charge in [0.15, 0.2) is 5.96 Å². The molecule has 0 radical (unpaired) electrons. The SMILES string of the molecule is CCOc1ncccc1CNC(=NC)NCC(=O)NC(C)(C)C. The molecule has 1 heterocycles. The average molecular weight is 321 g/mol. The van der Waals surface area contributed by atoms with Crippen LogP contribution in [0.3, 0.4) is 0 Å². The lowest BCUT2D eigenvalue weighted by Crippen LogP contribution is -2.48. The van der Waals surface area contributed by atoms with Crippen LogP contribution in [0.1, 0.15) is 33.3 Å². The highest BCUT2D eigenvalue weighted by Crippen LogP contribution is 2.13. The summed E-state index contributed by atoms with van der Waals surface area (Å²) < 4.78 is 5.48. The van der Waals surface area contributed by atoms with Crippen LogP contribution in [0.4, 0.5) is 0 Å². The molecule has 1 aromatic rings. The van der Waals surface area contributed by atoms with Gasteiger partial charge in [-0.05, 0) is 33.8 Å². The lowest BCUT2D eigenvalue weighted by Gasteiger charge is -2.21. The number of carbonyl (C=O) groups excluding carboxylic acids is 1.